The Hall–Kier alpha value is -16.0. The van der Waals surface area contributed by atoms with Gasteiger partial charge in [0.25, 0.3) is 0 Å². The Bertz CT molecular complexity index is 6270. The van der Waals surface area contributed by atoms with E-state index in [0.717, 1.165) is 185 Å². The number of pyridine rings is 6. The van der Waals surface area contributed by atoms with Crippen molar-refractivity contribution in [2.75, 3.05) is 0 Å². The van der Waals surface area contributed by atoms with E-state index in [1.54, 1.807) is 0 Å². The van der Waals surface area contributed by atoms with Gasteiger partial charge < -0.3 is 0 Å². The third-order valence-corrected chi connectivity index (χ3v) is 22.7. The first-order valence-corrected chi connectivity index (χ1v) is 41.8. The van der Waals surface area contributed by atoms with Crippen LogP contribution in [0.4, 0.5) is 0 Å². The Morgan fingerprint density at radius 2 is 0.236 bits per heavy atom. The van der Waals surface area contributed by atoms with Crippen molar-refractivity contribution in [2.24, 2.45) is 0 Å². The highest BCUT2D eigenvalue weighted by Crippen LogP contribution is 2.44. The molecule has 123 heavy (non-hydrogen) atoms. The number of benzene rings is 14. The normalized spacial score (nSPS) is 11.0. The summed E-state index contributed by atoms with van der Waals surface area (Å²) in [6.07, 6.45) is 0. The van der Waals surface area contributed by atoms with Crippen LogP contribution < -0.4 is 0 Å². The van der Waals surface area contributed by atoms with E-state index in [1.807, 2.05) is 24.3 Å². The van der Waals surface area contributed by atoms with Gasteiger partial charge in [0.15, 0.2) is 0 Å². The predicted octanol–water partition coefficient (Wildman–Crippen LogP) is 30.7. The predicted molar refractivity (Wildman–Crippen MR) is 512 cm³/mol. The lowest BCUT2D eigenvalue weighted by Gasteiger charge is -2.16. The first kappa shape index (κ1) is 76.9. The fourth-order valence-corrected chi connectivity index (χ4v) is 16.3. The molecule has 0 spiro atoms. The van der Waals surface area contributed by atoms with Crippen LogP contribution in [0.15, 0.2) is 455 Å². The number of aromatic nitrogens is 6. The molecule has 0 radical (unpaired) electrons. The van der Waals surface area contributed by atoms with Gasteiger partial charge in [-0.05, 0) is 213 Å². The molecular formula is C117H84N6. The highest BCUT2D eigenvalue weighted by atomic mass is 14.8. The maximum absolute atomic E-state index is 5.44. The number of hydrogen-bond acceptors (Lipinski definition) is 6. The lowest BCUT2D eigenvalue weighted by atomic mass is 9.92. The van der Waals surface area contributed by atoms with Crippen molar-refractivity contribution in [3.8, 4) is 202 Å². The van der Waals surface area contributed by atoms with E-state index in [9.17, 15) is 0 Å². The summed E-state index contributed by atoms with van der Waals surface area (Å²) < 4.78 is 0. The van der Waals surface area contributed by atoms with Crippen molar-refractivity contribution in [3.63, 3.8) is 0 Å². The molecule has 0 bridgehead atoms. The monoisotopic (exact) mass is 1570 g/mol. The van der Waals surface area contributed by atoms with Gasteiger partial charge in [-0.1, -0.05) is 346 Å². The Labute approximate surface area is 719 Å². The van der Waals surface area contributed by atoms with Crippen LogP contribution in [0.25, 0.3) is 202 Å². The molecule has 0 aliphatic rings. The molecule has 0 fully saturated rings. The van der Waals surface area contributed by atoms with E-state index in [4.69, 9.17) is 29.9 Å². The van der Waals surface area contributed by atoms with Gasteiger partial charge in [0, 0.05) is 66.8 Å². The van der Waals surface area contributed by atoms with E-state index in [1.165, 1.54) is 33.4 Å². The second kappa shape index (κ2) is 35.3. The lowest BCUT2D eigenvalue weighted by molar-refractivity contribution is 1.29. The first-order chi connectivity index (χ1) is 60.6. The van der Waals surface area contributed by atoms with Crippen molar-refractivity contribution in [1.29, 1.82) is 0 Å². The molecule has 0 unspecified atom stereocenters. The fourth-order valence-electron chi connectivity index (χ4n) is 16.3. The zero-order valence-corrected chi connectivity index (χ0v) is 68.5. The third kappa shape index (κ3) is 17.4. The van der Waals surface area contributed by atoms with Crippen LogP contribution in [0.5, 0.6) is 0 Å². The summed E-state index contributed by atoms with van der Waals surface area (Å²) in [6, 6.07) is 160. The molecular weight excluding hydrogens is 1490 g/mol. The maximum Gasteiger partial charge on any atom is 0.0716 e. The van der Waals surface area contributed by atoms with Gasteiger partial charge in [0.2, 0.25) is 0 Å². The molecule has 0 aliphatic heterocycles. The van der Waals surface area contributed by atoms with Gasteiger partial charge >= 0.3 is 0 Å². The van der Waals surface area contributed by atoms with E-state index < -0.39 is 0 Å². The Morgan fingerprint density at radius 1 is 0.106 bits per heavy atom. The zero-order valence-electron chi connectivity index (χ0n) is 68.5. The lowest BCUT2D eigenvalue weighted by Crippen LogP contribution is -1.97. The SMILES string of the molecule is Cc1ccccc1-c1cc(-c2ccccc2)nc(-c2cc(-c3cc(-c4ccccc4C)cc(-c4ccccc4)n3)cc(-c3cc(-c4ccccc4C)cc(-c4ccccc4)n3)c2)c1.c1ccc(-c2cc(-c3ccccc3)nc(-c3cc(-c4cc(-c5ccccc5)nc(-c5ccccc5)c4)cc(-c4cc(-c5ccccc5)cc(-c5ccccc5)n4)c3)c2)cc1. The summed E-state index contributed by atoms with van der Waals surface area (Å²) >= 11 is 0. The molecule has 0 saturated carbocycles. The molecule has 0 N–H and O–H groups in total. The molecule has 14 aromatic carbocycles. The largest absolute Gasteiger partial charge is 0.248 e. The summed E-state index contributed by atoms with van der Waals surface area (Å²) in [6.45, 7) is 6.52. The summed E-state index contributed by atoms with van der Waals surface area (Å²) in [5.41, 5.74) is 40.1. The van der Waals surface area contributed by atoms with Crippen LogP contribution in [0.1, 0.15) is 16.7 Å². The number of hydrogen-bond donors (Lipinski definition) is 0. The van der Waals surface area contributed by atoms with Crippen molar-refractivity contribution in [1.82, 2.24) is 29.9 Å². The van der Waals surface area contributed by atoms with Crippen molar-refractivity contribution < 1.29 is 0 Å². The molecule has 20 aromatic rings. The average Bonchev–Trinajstić information content (AvgIpc) is 0.771. The van der Waals surface area contributed by atoms with E-state index in [2.05, 4.69) is 451 Å². The highest BCUT2D eigenvalue weighted by Gasteiger charge is 2.22. The van der Waals surface area contributed by atoms with E-state index in [-0.39, 0.29) is 0 Å². The molecule has 6 heteroatoms. The topological polar surface area (TPSA) is 77.3 Å². The Balaban J connectivity index is 0.000000162. The summed E-state index contributed by atoms with van der Waals surface area (Å²) in [4.78, 5) is 32.3. The van der Waals surface area contributed by atoms with Gasteiger partial charge in [-0.2, -0.15) is 0 Å². The molecule has 582 valence electrons. The second-order valence-corrected chi connectivity index (χ2v) is 31.1. The van der Waals surface area contributed by atoms with Gasteiger partial charge in [-0.3, -0.25) is 0 Å². The zero-order chi connectivity index (χ0) is 82.8. The van der Waals surface area contributed by atoms with Crippen LogP contribution in [0.2, 0.25) is 0 Å². The van der Waals surface area contributed by atoms with Gasteiger partial charge in [-0.15, -0.1) is 0 Å². The fraction of sp³-hybridized carbons (Fsp3) is 0.0256. The molecule has 20 rings (SSSR count). The number of rotatable bonds is 18. The van der Waals surface area contributed by atoms with Crippen LogP contribution in [-0.4, -0.2) is 29.9 Å². The average molecular weight is 1570 g/mol. The Kier molecular flexibility index (Phi) is 22.1. The van der Waals surface area contributed by atoms with E-state index >= 15 is 0 Å². The minimum atomic E-state index is 0.870. The highest BCUT2D eigenvalue weighted by molar-refractivity contribution is 5.90. The van der Waals surface area contributed by atoms with Crippen LogP contribution >= 0.6 is 0 Å². The minimum Gasteiger partial charge on any atom is -0.248 e. The van der Waals surface area contributed by atoms with Crippen molar-refractivity contribution >= 4 is 0 Å². The quantitative estimate of drug-likeness (QED) is 0.0852. The molecule has 0 aliphatic carbocycles. The molecule has 0 amide bonds. The molecule has 0 atom stereocenters. The molecule has 6 aromatic heterocycles. The van der Waals surface area contributed by atoms with Gasteiger partial charge in [0.1, 0.15) is 0 Å². The van der Waals surface area contributed by atoms with Gasteiger partial charge in [-0.25, -0.2) is 29.9 Å². The van der Waals surface area contributed by atoms with Gasteiger partial charge in [0.05, 0.1) is 68.3 Å². The smallest absolute Gasteiger partial charge is 0.0716 e. The first-order valence-electron chi connectivity index (χ1n) is 41.8. The van der Waals surface area contributed by atoms with Crippen LogP contribution in [0, 0.1) is 20.8 Å². The van der Waals surface area contributed by atoms with Crippen LogP contribution in [-0.2, 0) is 0 Å². The van der Waals surface area contributed by atoms with Crippen molar-refractivity contribution in [2.45, 2.75) is 20.8 Å². The van der Waals surface area contributed by atoms with E-state index in [0.29, 0.717) is 0 Å². The molecule has 6 heterocycles. The van der Waals surface area contributed by atoms with Crippen molar-refractivity contribution in [3.05, 3.63) is 472 Å². The molecule has 0 saturated heterocycles. The summed E-state index contributed by atoms with van der Waals surface area (Å²) in [7, 11) is 0. The minimum absolute atomic E-state index is 0.870. The second-order valence-electron chi connectivity index (χ2n) is 31.1. The standard InChI is InChI=1S/C60H45N3.C57H39N3/c1-40-19-13-16-28-52(40)46-34-55(43-22-7-4-8-23-43)61-58(37-46)49-31-50(59-38-47(53-29-17-14-20-41(53)2)35-56(62-59)44-24-9-5-10-25-44)33-51(32-49)60-39-48(54-30-18-15-21-42(54)3)36-57(63-60)45-26-11-6-12-27-45;1-7-19-40(20-8-1)47-34-52(42-23-11-3-12-24-42)59-56(36-47)50-31-46(49-38-54(44-27-15-5-16-28-44)58-55(39-49)45-29-17-6-18-30-45)32-51(33-50)57-37-48(41-21-9-2-10-22-41)35-53(60-57)43-25-13-4-14-26-43/h4-39H,1-3H3;1-39H. The maximum atomic E-state index is 5.44. The third-order valence-electron chi connectivity index (χ3n) is 22.7. The molecule has 6 nitrogen and oxygen atoms in total. The summed E-state index contributed by atoms with van der Waals surface area (Å²) in [5, 5.41) is 0. The Morgan fingerprint density at radius 3 is 0.423 bits per heavy atom. The summed E-state index contributed by atoms with van der Waals surface area (Å²) in [5.74, 6) is 0. The number of aryl methyl sites for hydroxylation is 3. The number of nitrogens with zero attached hydrogens (tertiary/aromatic N) is 6. The van der Waals surface area contributed by atoms with Crippen LogP contribution in [0.3, 0.4) is 0 Å².